The molecular formula is C16H16AsNO2. The molecular weight excluding hydrogens is 313 g/mol. The number of pyridine rings is 1. The van der Waals surface area contributed by atoms with Gasteiger partial charge in [-0.25, -0.2) is 0 Å². The second-order valence-electron chi connectivity index (χ2n) is 4.51. The first kappa shape index (κ1) is 14.6. The molecule has 1 aromatic heterocycles. The monoisotopic (exact) mass is 329 g/mol. The summed E-state index contributed by atoms with van der Waals surface area (Å²) in [7, 11) is 0. The second kappa shape index (κ2) is 6.59. The van der Waals surface area contributed by atoms with E-state index in [4.69, 9.17) is 5.11 Å². The Hall–Kier alpha value is -1.78. The zero-order valence-electron chi connectivity index (χ0n) is 11.3. The van der Waals surface area contributed by atoms with E-state index in [2.05, 4.69) is 23.7 Å². The Morgan fingerprint density at radius 1 is 1.45 bits per heavy atom. The van der Waals surface area contributed by atoms with Crippen LogP contribution in [0.5, 0.6) is 0 Å². The molecule has 4 heteroatoms. The van der Waals surface area contributed by atoms with E-state index in [-0.39, 0.29) is 5.69 Å². The van der Waals surface area contributed by atoms with Crippen molar-refractivity contribution in [3.05, 3.63) is 35.5 Å². The number of hydrogen-bond donors (Lipinski definition) is 1. The first-order valence-electron chi connectivity index (χ1n) is 6.55. The molecule has 2 aromatic rings. The molecule has 0 fully saturated rings. The molecule has 3 nitrogen and oxygen atoms in total. The molecule has 0 saturated carbocycles. The van der Waals surface area contributed by atoms with Crippen molar-refractivity contribution >= 4 is 38.1 Å². The van der Waals surface area contributed by atoms with Crippen molar-refractivity contribution in [3.63, 3.8) is 0 Å². The van der Waals surface area contributed by atoms with Gasteiger partial charge in [-0.15, -0.1) is 0 Å². The predicted octanol–water partition coefficient (Wildman–Crippen LogP) is 1.73. The number of carboxylic acids is 1. The molecule has 1 heterocycles. The van der Waals surface area contributed by atoms with Gasteiger partial charge in [-0.1, -0.05) is 0 Å². The van der Waals surface area contributed by atoms with Gasteiger partial charge in [0.05, 0.1) is 0 Å². The van der Waals surface area contributed by atoms with Crippen LogP contribution >= 0.6 is 0 Å². The number of rotatable bonds is 3. The van der Waals surface area contributed by atoms with Crippen LogP contribution in [0.2, 0.25) is 0 Å². The zero-order valence-corrected chi connectivity index (χ0v) is 13.7. The second-order valence-corrected chi connectivity index (χ2v) is 5.81. The van der Waals surface area contributed by atoms with Gasteiger partial charge in [-0.05, 0) is 0 Å². The average molecular weight is 329 g/mol. The Morgan fingerprint density at radius 2 is 2.25 bits per heavy atom. The van der Waals surface area contributed by atoms with E-state index >= 15 is 0 Å². The van der Waals surface area contributed by atoms with Crippen LogP contribution in [0.15, 0.2) is 24.3 Å². The van der Waals surface area contributed by atoms with Gasteiger partial charge in [0.1, 0.15) is 0 Å². The predicted molar refractivity (Wildman–Crippen MR) is 83.3 cm³/mol. The minimum atomic E-state index is -1.01. The minimum absolute atomic E-state index is 0.0578. The summed E-state index contributed by atoms with van der Waals surface area (Å²) in [5, 5.41) is 10.1. The van der Waals surface area contributed by atoms with Crippen LogP contribution in [0, 0.1) is 11.8 Å². The van der Waals surface area contributed by atoms with E-state index in [0.717, 1.165) is 40.1 Å². The molecule has 1 aromatic carbocycles. The summed E-state index contributed by atoms with van der Waals surface area (Å²) in [5.41, 5.74) is 1.55. The fraction of sp³-hybridized carbons (Fsp3) is 0.250. The third-order valence-electron chi connectivity index (χ3n) is 2.97. The van der Waals surface area contributed by atoms with Crippen molar-refractivity contribution in [2.45, 2.75) is 26.2 Å². The van der Waals surface area contributed by atoms with Crippen LogP contribution in [-0.2, 0) is 0 Å². The Labute approximate surface area is 126 Å². The van der Waals surface area contributed by atoms with Crippen LogP contribution in [0.4, 0.5) is 0 Å². The maximum absolute atomic E-state index is 11.2. The van der Waals surface area contributed by atoms with Crippen LogP contribution in [0.25, 0.3) is 10.9 Å². The fourth-order valence-electron chi connectivity index (χ4n) is 1.91. The van der Waals surface area contributed by atoms with Crippen LogP contribution in [0.3, 0.4) is 0 Å². The zero-order chi connectivity index (χ0) is 14.5. The summed E-state index contributed by atoms with van der Waals surface area (Å²) in [4.78, 5) is 15.4. The van der Waals surface area contributed by atoms with E-state index in [1.807, 2.05) is 18.2 Å². The van der Waals surface area contributed by atoms with Crippen LogP contribution < -0.4 is 4.35 Å². The number of para-hydroxylation sites is 1. The number of hydrogen-bond acceptors (Lipinski definition) is 2. The molecule has 0 saturated heterocycles. The SMILES string of the molecule is CCCCC#Cc1cc(C(=O)O)nc2c([AsH2])cccc12. The van der Waals surface area contributed by atoms with E-state index in [1.165, 1.54) is 16.9 Å². The van der Waals surface area contributed by atoms with E-state index < -0.39 is 5.97 Å². The number of aromatic nitrogens is 1. The first-order valence-corrected chi connectivity index (χ1v) is 7.76. The third kappa shape index (κ3) is 3.21. The van der Waals surface area contributed by atoms with Crippen LogP contribution in [-0.4, -0.2) is 32.9 Å². The van der Waals surface area contributed by atoms with Gasteiger partial charge >= 0.3 is 127 Å². The molecule has 0 spiro atoms. The fourth-order valence-corrected chi connectivity index (χ4v) is 2.60. The molecule has 0 amide bonds. The van der Waals surface area contributed by atoms with Gasteiger partial charge in [-0.2, -0.15) is 0 Å². The van der Waals surface area contributed by atoms with Gasteiger partial charge in [-0.3, -0.25) is 0 Å². The third-order valence-corrected chi connectivity index (χ3v) is 3.95. The van der Waals surface area contributed by atoms with Gasteiger partial charge in [0, 0.05) is 0 Å². The van der Waals surface area contributed by atoms with Crippen molar-refractivity contribution in [1.29, 1.82) is 0 Å². The Balaban J connectivity index is 2.58. The molecule has 0 radical (unpaired) electrons. The summed E-state index contributed by atoms with van der Waals surface area (Å²) in [6.07, 6.45) is 3.00. The number of benzene rings is 1. The molecule has 1 N–H and O–H groups in total. The van der Waals surface area contributed by atoms with Crippen molar-refractivity contribution in [2.75, 3.05) is 0 Å². The summed E-state index contributed by atoms with van der Waals surface area (Å²) < 4.78 is 1.02. The van der Waals surface area contributed by atoms with Crippen molar-refractivity contribution in [3.8, 4) is 11.8 Å². The normalized spacial score (nSPS) is 10.1. The quantitative estimate of drug-likeness (QED) is 0.530. The van der Waals surface area contributed by atoms with Crippen LogP contribution in [0.1, 0.15) is 42.2 Å². The Morgan fingerprint density at radius 3 is 2.95 bits per heavy atom. The molecule has 20 heavy (non-hydrogen) atoms. The average Bonchev–Trinajstić information content (AvgIpc) is 2.44. The molecule has 102 valence electrons. The number of fused-ring (bicyclic) bond motifs is 1. The van der Waals surface area contributed by atoms with Crippen molar-refractivity contribution < 1.29 is 9.90 Å². The van der Waals surface area contributed by atoms with Gasteiger partial charge < -0.3 is 0 Å². The summed E-state index contributed by atoms with van der Waals surface area (Å²) in [6.45, 7) is 2.12. The first-order chi connectivity index (χ1) is 9.63. The number of carboxylic acid groups (broad SMARTS) is 1. The molecule has 0 aliphatic rings. The van der Waals surface area contributed by atoms with E-state index in [9.17, 15) is 4.79 Å². The number of aromatic carboxylic acids is 1. The number of unbranched alkanes of at least 4 members (excludes halogenated alkanes) is 2. The van der Waals surface area contributed by atoms with Crippen molar-refractivity contribution in [1.82, 2.24) is 4.98 Å². The molecule has 0 aliphatic heterocycles. The van der Waals surface area contributed by atoms with E-state index in [1.54, 1.807) is 6.07 Å². The molecule has 2 rings (SSSR count). The number of carbonyl (C=O) groups is 1. The van der Waals surface area contributed by atoms with E-state index in [0.29, 0.717) is 0 Å². The van der Waals surface area contributed by atoms with Crippen molar-refractivity contribution in [2.24, 2.45) is 0 Å². The van der Waals surface area contributed by atoms with Gasteiger partial charge in [0.25, 0.3) is 0 Å². The Kier molecular flexibility index (Phi) is 4.82. The standard InChI is InChI=1S/C16H16AsNO2/c1-2-3-4-5-7-11-10-14(16(19)20)18-15-12(11)8-6-9-13(15)17/h6,8-10H,2-4,17H2,1H3,(H,19,20). The molecule has 0 bridgehead atoms. The summed E-state index contributed by atoms with van der Waals surface area (Å²) in [6, 6.07) is 7.42. The number of nitrogens with zero attached hydrogens (tertiary/aromatic N) is 1. The molecule has 0 aliphatic carbocycles. The summed E-state index contributed by atoms with van der Waals surface area (Å²) >= 11 is 1.43. The topological polar surface area (TPSA) is 50.2 Å². The molecule has 1 unspecified atom stereocenters. The Bertz CT molecular complexity index is 713. The van der Waals surface area contributed by atoms with Gasteiger partial charge in [0.2, 0.25) is 0 Å². The summed E-state index contributed by atoms with van der Waals surface area (Å²) in [5.74, 6) is 5.20. The maximum atomic E-state index is 11.2. The molecule has 1 atom stereocenters. The van der Waals surface area contributed by atoms with Gasteiger partial charge in [0.15, 0.2) is 0 Å².